The molecule has 3 heterocycles. The fraction of sp³-hybridized carbons (Fsp3) is 0.533. The van der Waals surface area contributed by atoms with Crippen LogP contribution in [0, 0.1) is 6.92 Å². The second-order valence-electron chi connectivity index (χ2n) is 6.01. The van der Waals surface area contributed by atoms with E-state index in [1.54, 1.807) is 12.5 Å². The minimum atomic E-state index is -0.820. The number of halogens is 1. The quantitative estimate of drug-likeness (QED) is 0.933. The van der Waals surface area contributed by atoms with E-state index in [9.17, 15) is 5.11 Å². The minimum Gasteiger partial charge on any atom is -0.388 e. The van der Waals surface area contributed by atoms with Crippen LogP contribution >= 0.6 is 11.6 Å². The van der Waals surface area contributed by atoms with Crippen LogP contribution in [0.2, 0.25) is 5.02 Å². The van der Waals surface area contributed by atoms with Crippen molar-refractivity contribution in [1.29, 1.82) is 0 Å². The zero-order valence-electron chi connectivity index (χ0n) is 12.8. The molecular weight excluding hydrogens is 302 g/mol. The molecule has 1 atom stereocenters. The molecule has 2 aromatic rings. The summed E-state index contributed by atoms with van der Waals surface area (Å²) < 4.78 is 1.85. The van der Waals surface area contributed by atoms with Crippen molar-refractivity contribution in [3.8, 4) is 0 Å². The van der Waals surface area contributed by atoms with Gasteiger partial charge in [0, 0.05) is 32.8 Å². The van der Waals surface area contributed by atoms with E-state index in [0.29, 0.717) is 18.0 Å². The van der Waals surface area contributed by atoms with Gasteiger partial charge in [0.15, 0.2) is 0 Å². The highest BCUT2D eigenvalue weighted by Gasteiger charge is 2.35. The number of anilines is 1. The SMILES string of the molecule is Cc1nccc(N2CCCC(O)(Cc3nncn3C)C2)c1Cl. The van der Waals surface area contributed by atoms with Gasteiger partial charge >= 0.3 is 0 Å². The van der Waals surface area contributed by atoms with E-state index in [2.05, 4.69) is 20.1 Å². The van der Waals surface area contributed by atoms with Gasteiger partial charge in [-0.1, -0.05) is 11.6 Å². The van der Waals surface area contributed by atoms with E-state index in [1.807, 2.05) is 24.6 Å². The van der Waals surface area contributed by atoms with Crippen LogP contribution in [0.1, 0.15) is 24.4 Å². The number of hydrogen-bond donors (Lipinski definition) is 1. The fourth-order valence-corrected chi connectivity index (χ4v) is 3.23. The molecule has 0 saturated carbocycles. The van der Waals surface area contributed by atoms with E-state index >= 15 is 0 Å². The smallest absolute Gasteiger partial charge is 0.135 e. The average Bonchev–Trinajstić information content (AvgIpc) is 2.86. The monoisotopic (exact) mass is 321 g/mol. The summed E-state index contributed by atoms with van der Waals surface area (Å²) in [5.41, 5.74) is 0.923. The third-order valence-corrected chi connectivity index (χ3v) is 4.70. The zero-order valence-corrected chi connectivity index (χ0v) is 13.6. The molecule has 7 heteroatoms. The highest BCUT2D eigenvalue weighted by molar-refractivity contribution is 6.33. The third kappa shape index (κ3) is 2.94. The Bertz CT molecular complexity index is 674. The lowest BCUT2D eigenvalue weighted by atomic mass is 9.89. The second-order valence-corrected chi connectivity index (χ2v) is 6.39. The van der Waals surface area contributed by atoms with Crippen LogP contribution in [0.5, 0.6) is 0 Å². The molecular formula is C15H20ClN5O. The molecule has 1 fully saturated rings. The van der Waals surface area contributed by atoms with Crippen molar-refractivity contribution in [3.63, 3.8) is 0 Å². The molecule has 6 nitrogen and oxygen atoms in total. The molecule has 0 spiro atoms. The van der Waals surface area contributed by atoms with Gasteiger partial charge in [-0.15, -0.1) is 10.2 Å². The molecule has 22 heavy (non-hydrogen) atoms. The van der Waals surface area contributed by atoms with Crippen molar-refractivity contribution in [2.45, 2.75) is 31.8 Å². The van der Waals surface area contributed by atoms with E-state index < -0.39 is 5.60 Å². The van der Waals surface area contributed by atoms with Crippen LogP contribution < -0.4 is 4.90 Å². The largest absolute Gasteiger partial charge is 0.388 e. The maximum atomic E-state index is 11.0. The van der Waals surface area contributed by atoms with Gasteiger partial charge in [-0.05, 0) is 25.8 Å². The molecule has 0 aromatic carbocycles. The number of aromatic nitrogens is 4. The Hall–Kier alpha value is -1.66. The van der Waals surface area contributed by atoms with Crippen LogP contribution in [-0.4, -0.2) is 43.5 Å². The van der Waals surface area contributed by atoms with Gasteiger partial charge in [0.25, 0.3) is 0 Å². The van der Waals surface area contributed by atoms with E-state index in [0.717, 1.165) is 36.6 Å². The first kappa shape index (κ1) is 15.2. The van der Waals surface area contributed by atoms with Crippen LogP contribution in [0.3, 0.4) is 0 Å². The maximum Gasteiger partial charge on any atom is 0.135 e. The summed E-state index contributed by atoms with van der Waals surface area (Å²) in [7, 11) is 1.89. The Morgan fingerprint density at radius 1 is 1.45 bits per heavy atom. The molecule has 1 saturated heterocycles. The van der Waals surface area contributed by atoms with E-state index in [4.69, 9.17) is 11.6 Å². The number of rotatable bonds is 3. The first-order chi connectivity index (χ1) is 10.5. The normalized spacial score (nSPS) is 22.1. The first-order valence-corrected chi connectivity index (χ1v) is 7.78. The number of aliphatic hydroxyl groups is 1. The zero-order chi connectivity index (χ0) is 15.7. The molecule has 3 rings (SSSR count). The lowest BCUT2D eigenvalue weighted by molar-refractivity contribution is 0.0238. The number of hydrogen-bond acceptors (Lipinski definition) is 5. The summed E-state index contributed by atoms with van der Waals surface area (Å²) in [6.07, 6.45) is 5.56. The standard InChI is InChI=1S/C15H20ClN5O/c1-11-14(16)12(4-6-17-11)21-7-3-5-15(22,9-21)8-13-19-18-10-20(13)2/h4,6,10,22H,3,5,7-9H2,1-2H3. The lowest BCUT2D eigenvalue weighted by Crippen LogP contribution is -2.50. The fourth-order valence-electron chi connectivity index (χ4n) is 3.00. The van der Waals surface area contributed by atoms with E-state index in [-0.39, 0.29) is 0 Å². The molecule has 1 aliphatic heterocycles. The predicted molar refractivity (Wildman–Crippen MR) is 85.1 cm³/mol. The molecule has 1 aliphatic rings. The number of nitrogens with zero attached hydrogens (tertiary/aromatic N) is 5. The number of aryl methyl sites for hydroxylation is 2. The Labute approximate surface area is 134 Å². The van der Waals surface area contributed by atoms with E-state index in [1.165, 1.54) is 0 Å². The molecule has 1 N–H and O–H groups in total. The van der Waals surface area contributed by atoms with Gasteiger partial charge in [0.1, 0.15) is 12.2 Å². The van der Waals surface area contributed by atoms with Crippen molar-refractivity contribution in [2.75, 3.05) is 18.0 Å². The highest BCUT2D eigenvalue weighted by Crippen LogP contribution is 2.33. The minimum absolute atomic E-state index is 0.488. The summed E-state index contributed by atoms with van der Waals surface area (Å²) in [6, 6.07) is 1.91. The Kier molecular flexibility index (Phi) is 4.06. The van der Waals surface area contributed by atoms with Crippen LogP contribution in [-0.2, 0) is 13.5 Å². The molecule has 0 aliphatic carbocycles. The predicted octanol–water partition coefficient (Wildman–Crippen LogP) is 1.75. The van der Waals surface area contributed by atoms with Crippen molar-refractivity contribution in [1.82, 2.24) is 19.7 Å². The second kappa shape index (κ2) is 5.85. The summed E-state index contributed by atoms with van der Waals surface area (Å²) in [4.78, 5) is 6.34. The number of pyridine rings is 1. The van der Waals surface area contributed by atoms with Crippen molar-refractivity contribution in [3.05, 3.63) is 35.1 Å². The molecule has 118 valence electrons. The summed E-state index contributed by atoms with van der Waals surface area (Å²) >= 11 is 6.38. The van der Waals surface area contributed by atoms with Gasteiger partial charge in [0.2, 0.25) is 0 Å². The van der Waals surface area contributed by atoms with Crippen molar-refractivity contribution in [2.24, 2.45) is 7.05 Å². The van der Waals surface area contributed by atoms with Crippen molar-refractivity contribution < 1.29 is 5.11 Å². The third-order valence-electron chi connectivity index (χ3n) is 4.23. The first-order valence-electron chi connectivity index (χ1n) is 7.40. The Morgan fingerprint density at radius 2 is 2.27 bits per heavy atom. The Morgan fingerprint density at radius 3 is 3.00 bits per heavy atom. The van der Waals surface area contributed by atoms with Gasteiger partial charge in [-0.25, -0.2) is 0 Å². The molecule has 0 radical (unpaired) electrons. The molecule has 1 unspecified atom stereocenters. The Balaban J connectivity index is 1.81. The molecule has 0 amide bonds. The van der Waals surface area contributed by atoms with Crippen LogP contribution in [0.25, 0.3) is 0 Å². The maximum absolute atomic E-state index is 11.0. The summed E-state index contributed by atoms with van der Waals surface area (Å²) in [5.74, 6) is 0.793. The summed E-state index contributed by atoms with van der Waals surface area (Å²) in [5, 5.41) is 19.6. The van der Waals surface area contributed by atoms with Gasteiger partial charge in [0.05, 0.1) is 22.0 Å². The van der Waals surface area contributed by atoms with Gasteiger partial charge in [-0.3, -0.25) is 4.98 Å². The van der Waals surface area contributed by atoms with Gasteiger partial charge < -0.3 is 14.6 Å². The lowest BCUT2D eigenvalue weighted by Gasteiger charge is -2.40. The number of piperidine rings is 1. The topological polar surface area (TPSA) is 67.1 Å². The van der Waals surface area contributed by atoms with Crippen LogP contribution in [0.4, 0.5) is 5.69 Å². The summed E-state index contributed by atoms with van der Waals surface area (Å²) in [6.45, 7) is 3.30. The average molecular weight is 322 g/mol. The van der Waals surface area contributed by atoms with Crippen molar-refractivity contribution >= 4 is 17.3 Å². The molecule has 2 aromatic heterocycles. The van der Waals surface area contributed by atoms with Crippen LogP contribution in [0.15, 0.2) is 18.6 Å². The molecule has 0 bridgehead atoms. The highest BCUT2D eigenvalue weighted by atomic mass is 35.5. The number of β-amino-alcohol motifs (C(OH)–C–C–N with tert-alkyl or cyclic N) is 1. The van der Waals surface area contributed by atoms with Gasteiger partial charge in [-0.2, -0.15) is 0 Å².